The third kappa shape index (κ3) is 6.69. The van der Waals surface area contributed by atoms with E-state index in [2.05, 4.69) is 166 Å². The first-order valence-corrected chi connectivity index (χ1v) is 20.6. The number of nitrogens with zero attached hydrogens (tertiary/aromatic N) is 4. The van der Waals surface area contributed by atoms with Crippen molar-refractivity contribution < 1.29 is 8.83 Å². The molecular weight excluding hydrogens is 749 g/mol. The lowest BCUT2D eigenvalue weighted by Crippen LogP contribution is -2.13. The molecule has 294 valence electrons. The van der Waals surface area contributed by atoms with Gasteiger partial charge >= 0.3 is 0 Å². The van der Waals surface area contributed by atoms with Crippen molar-refractivity contribution in [2.45, 2.75) is 46.0 Å². The quantitative estimate of drug-likeness (QED) is 0.160. The Kier molecular flexibility index (Phi) is 8.90. The fraction of sp³-hybridized carbons (Fsp3) is 0.127. The zero-order chi connectivity index (χ0) is 42.0. The maximum Gasteiger partial charge on any atom is 0.137 e. The molecule has 0 aliphatic rings. The van der Waals surface area contributed by atoms with Crippen molar-refractivity contribution >= 4 is 88.8 Å². The molecule has 0 aliphatic heterocycles. The monoisotopic (exact) mass is 790 g/mol. The maximum absolute atomic E-state index is 9.50. The molecule has 0 fully saturated rings. The lowest BCUT2D eigenvalue weighted by Gasteiger charge is -2.27. The van der Waals surface area contributed by atoms with Crippen LogP contribution in [0.1, 0.15) is 62.8 Å². The van der Waals surface area contributed by atoms with Gasteiger partial charge in [0, 0.05) is 67.8 Å². The molecule has 0 bridgehead atoms. The summed E-state index contributed by atoms with van der Waals surface area (Å²) in [5, 5.41) is 25.3. The van der Waals surface area contributed by atoms with E-state index in [0.717, 1.165) is 88.8 Å². The van der Waals surface area contributed by atoms with Gasteiger partial charge in [-0.05, 0) is 155 Å². The van der Waals surface area contributed by atoms with E-state index in [0.29, 0.717) is 17.0 Å². The van der Waals surface area contributed by atoms with Gasteiger partial charge in [-0.3, -0.25) is 0 Å². The molecule has 2 aromatic heterocycles. The summed E-state index contributed by atoms with van der Waals surface area (Å²) in [5.41, 5.74) is 12.9. The average Bonchev–Trinajstić information content (AvgIpc) is 3.81. The molecule has 6 nitrogen and oxygen atoms in total. The minimum Gasteiger partial charge on any atom is -0.456 e. The van der Waals surface area contributed by atoms with Crippen molar-refractivity contribution in [2.24, 2.45) is 0 Å². The summed E-state index contributed by atoms with van der Waals surface area (Å²) in [7, 11) is 0. The predicted octanol–water partition coefficient (Wildman–Crippen LogP) is 15.7. The smallest absolute Gasteiger partial charge is 0.137 e. The maximum atomic E-state index is 9.50. The highest BCUT2D eigenvalue weighted by molar-refractivity contribution is 6.15. The number of nitriles is 2. The van der Waals surface area contributed by atoms with Gasteiger partial charge in [0.25, 0.3) is 0 Å². The van der Waals surface area contributed by atoms with Gasteiger partial charge in [0.1, 0.15) is 22.3 Å². The molecule has 10 rings (SSSR count). The minimum absolute atomic E-state index is 0.0322. The Morgan fingerprint density at radius 3 is 1.18 bits per heavy atom. The van der Waals surface area contributed by atoms with Gasteiger partial charge in [0.15, 0.2) is 0 Å². The van der Waals surface area contributed by atoms with Crippen LogP contribution in [0.3, 0.4) is 0 Å². The number of hydrogen-bond acceptors (Lipinski definition) is 6. The molecule has 0 saturated heterocycles. The topological polar surface area (TPSA) is 80.3 Å². The van der Waals surface area contributed by atoms with Gasteiger partial charge in [-0.25, -0.2) is 0 Å². The number of anilines is 6. The lowest BCUT2D eigenvalue weighted by molar-refractivity contribution is 0.590. The van der Waals surface area contributed by atoms with Crippen LogP contribution in [-0.4, -0.2) is 0 Å². The molecule has 0 radical (unpaired) electrons. The van der Waals surface area contributed by atoms with Crippen LogP contribution in [-0.2, 0) is 5.41 Å². The van der Waals surface area contributed by atoms with Crippen LogP contribution in [0, 0.1) is 22.7 Å². The SMILES string of the molecule is CC(C)c1ccc(N(c2ccc(C#N)cc2)c2ccc3c(c2)oc2cc4cc5oc6cc(N(c7ccc(C#N)cc7)c7ccc(C(C)(C)C)cc7)ccc6c5cc4cc23)cc1. The number of furan rings is 2. The first-order chi connectivity index (χ1) is 29.5. The Labute approximate surface area is 354 Å². The Bertz CT molecular complexity index is 3370. The first-order valence-electron chi connectivity index (χ1n) is 20.6. The van der Waals surface area contributed by atoms with E-state index in [1.54, 1.807) is 0 Å². The van der Waals surface area contributed by atoms with Gasteiger partial charge < -0.3 is 18.6 Å². The van der Waals surface area contributed by atoms with Crippen molar-refractivity contribution in [1.29, 1.82) is 10.5 Å². The molecule has 8 aromatic carbocycles. The molecule has 0 spiro atoms. The summed E-state index contributed by atoms with van der Waals surface area (Å²) in [6.07, 6.45) is 0. The zero-order valence-electron chi connectivity index (χ0n) is 34.7. The van der Waals surface area contributed by atoms with Crippen LogP contribution >= 0.6 is 0 Å². The molecule has 0 N–H and O–H groups in total. The van der Waals surface area contributed by atoms with Crippen molar-refractivity contribution in [3.63, 3.8) is 0 Å². The molecule has 0 atom stereocenters. The number of hydrogen-bond donors (Lipinski definition) is 0. The molecule has 6 heteroatoms. The van der Waals surface area contributed by atoms with Gasteiger partial charge in [-0.2, -0.15) is 10.5 Å². The van der Waals surface area contributed by atoms with E-state index in [1.165, 1.54) is 11.1 Å². The van der Waals surface area contributed by atoms with Crippen molar-refractivity contribution in [3.8, 4) is 12.1 Å². The second kappa shape index (κ2) is 14.5. The minimum atomic E-state index is 0.0322. The van der Waals surface area contributed by atoms with Crippen molar-refractivity contribution in [1.82, 2.24) is 0 Å². The average molecular weight is 791 g/mol. The summed E-state index contributed by atoms with van der Waals surface area (Å²) in [4.78, 5) is 4.40. The lowest BCUT2D eigenvalue weighted by atomic mass is 9.87. The van der Waals surface area contributed by atoms with E-state index in [1.807, 2.05) is 48.5 Å². The highest BCUT2D eigenvalue weighted by Crippen LogP contribution is 2.43. The van der Waals surface area contributed by atoms with Crippen LogP contribution in [0.5, 0.6) is 0 Å². The van der Waals surface area contributed by atoms with E-state index in [4.69, 9.17) is 8.83 Å². The van der Waals surface area contributed by atoms with Gasteiger partial charge in [-0.1, -0.05) is 58.9 Å². The van der Waals surface area contributed by atoms with Crippen LogP contribution in [0.4, 0.5) is 34.1 Å². The fourth-order valence-corrected chi connectivity index (χ4v) is 8.43. The van der Waals surface area contributed by atoms with E-state index in [9.17, 15) is 10.5 Å². The summed E-state index contributed by atoms with van der Waals surface area (Å²) < 4.78 is 13.3. The third-order valence-corrected chi connectivity index (χ3v) is 11.8. The molecule has 61 heavy (non-hydrogen) atoms. The van der Waals surface area contributed by atoms with Crippen LogP contribution in [0.15, 0.2) is 167 Å². The Morgan fingerprint density at radius 2 is 0.787 bits per heavy atom. The summed E-state index contributed by atoms with van der Waals surface area (Å²) in [6.45, 7) is 11.1. The van der Waals surface area contributed by atoms with Crippen LogP contribution < -0.4 is 9.80 Å². The number of benzene rings is 8. The van der Waals surface area contributed by atoms with Crippen LogP contribution in [0.25, 0.3) is 54.6 Å². The first kappa shape index (κ1) is 37.5. The molecule has 0 unspecified atom stereocenters. The van der Waals surface area contributed by atoms with Crippen LogP contribution in [0.2, 0.25) is 0 Å². The van der Waals surface area contributed by atoms with Gasteiger partial charge in [0.05, 0.1) is 23.3 Å². The Morgan fingerprint density at radius 1 is 0.426 bits per heavy atom. The molecular formula is C55H42N4O2. The zero-order valence-corrected chi connectivity index (χ0v) is 34.7. The molecule has 0 aliphatic carbocycles. The molecule has 10 aromatic rings. The predicted molar refractivity (Wildman–Crippen MR) is 250 cm³/mol. The number of fused-ring (bicyclic) bond motifs is 7. The highest BCUT2D eigenvalue weighted by Gasteiger charge is 2.20. The molecule has 0 saturated carbocycles. The van der Waals surface area contributed by atoms with E-state index in [-0.39, 0.29) is 5.41 Å². The van der Waals surface area contributed by atoms with Gasteiger partial charge in [0.2, 0.25) is 0 Å². The van der Waals surface area contributed by atoms with Crippen molar-refractivity contribution in [2.75, 3.05) is 9.80 Å². The number of rotatable bonds is 7. The van der Waals surface area contributed by atoms with E-state index < -0.39 is 0 Å². The third-order valence-electron chi connectivity index (χ3n) is 11.8. The molecule has 0 amide bonds. The second-order valence-electron chi connectivity index (χ2n) is 17.1. The van der Waals surface area contributed by atoms with Crippen molar-refractivity contribution in [3.05, 3.63) is 180 Å². The summed E-state index contributed by atoms with van der Waals surface area (Å²) >= 11 is 0. The second-order valence-corrected chi connectivity index (χ2v) is 17.1. The van der Waals surface area contributed by atoms with Gasteiger partial charge in [-0.15, -0.1) is 0 Å². The normalized spacial score (nSPS) is 11.8. The fourth-order valence-electron chi connectivity index (χ4n) is 8.43. The Balaban J connectivity index is 1.04. The summed E-state index contributed by atoms with van der Waals surface area (Å²) in [6, 6.07) is 58.7. The Hall–Kier alpha value is -7.80. The van der Waals surface area contributed by atoms with E-state index >= 15 is 0 Å². The molecule has 2 heterocycles. The highest BCUT2D eigenvalue weighted by atomic mass is 16.3. The summed E-state index contributed by atoms with van der Waals surface area (Å²) in [5.74, 6) is 0.426. The largest absolute Gasteiger partial charge is 0.456 e. The standard InChI is InChI=1S/C55H42N4O2/c1-34(2)37-10-18-43(19-11-37)58(41-14-6-35(32-56)7-15-41)45-22-24-47-49-26-38-27-50-48-25-23-46(31-54(48)61-52(50)29-39(38)28-51(49)60-53(47)30-45)59(42-16-8-36(33-57)9-17-42)44-20-12-40(13-21-44)55(3,4)5/h6-31,34H,1-5H3.